The lowest BCUT2D eigenvalue weighted by Gasteiger charge is -2.22. The summed E-state index contributed by atoms with van der Waals surface area (Å²) in [6.45, 7) is 8.36. The van der Waals surface area contributed by atoms with E-state index >= 15 is 0 Å². The van der Waals surface area contributed by atoms with Gasteiger partial charge in [0.05, 0.1) is 6.61 Å². The number of amides is 1. The zero-order chi connectivity index (χ0) is 15.7. The number of nitrogens with one attached hydrogen (secondary N) is 1. The molecule has 0 aromatic heterocycles. The van der Waals surface area contributed by atoms with Crippen LogP contribution in [0.25, 0.3) is 0 Å². The predicted molar refractivity (Wildman–Crippen MR) is 86.6 cm³/mol. The van der Waals surface area contributed by atoms with Crippen molar-refractivity contribution in [2.75, 3.05) is 26.7 Å². The zero-order valence-corrected chi connectivity index (χ0v) is 13.7. The van der Waals surface area contributed by atoms with Gasteiger partial charge in [-0.2, -0.15) is 0 Å². The Balaban J connectivity index is 2.12. The van der Waals surface area contributed by atoms with Gasteiger partial charge in [-0.15, -0.1) is 0 Å². The summed E-state index contributed by atoms with van der Waals surface area (Å²) in [4.78, 5) is 13.7. The first-order valence-electron chi connectivity index (χ1n) is 7.55. The molecule has 0 atom stereocenters. The van der Waals surface area contributed by atoms with E-state index in [1.807, 2.05) is 37.4 Å². The first kappa shape index (κ1) is 17.5. The van der Waals surface area contributed by atoms with E-state index in [0.29, 0.717) is 19.6 Å². The molecular formula is C17H28N2O2. The monoisotopic (exact) mass is 292 g/mol. The van der Waals surface area contributed by atoms with Crippen LogP contribution in [0.1, 0.15) is 33.6 Å². The SMILES string of the molecule is CN(CCCOc1ccccc1)C(=O)CCNC(C)(C)C. The van der Waals surface area contributed by atoms with E-state index in [0.717, 1.165) is 18.7 Å². The van der Waals surface area contributed by atoms with Crippen LogP contribution in [-0.2, 0) is 4.79 Å². The minimum Gasteiger partial charge on any atom is -0.494 e. The second-order valence-electron chi connectivity index (χ2n) is 6.26. The highest BCUT2D eigenvalue weighted by Gasteiger charge is 2.12. The predicted octanol–water partition coefficient (Wildman–Crippen LogP) is 2.69. The van der Waals surface area contributed by atoms with Crippen LogP contribution < -0.4 is 10.1 Å². The fraction of sp³-hybridized carbons (Fsp3) is 0.588. The maximum atomic E-state index is 11.9. The van der Waals surface area contributed by atoms with Crippen molar-refractivity contribution in [2.24, 2.45) is 0 Å². The van der Waals surface area contributed by atoms with Crippen LogP contribution in [0.15, 0.2) is 30.3 Å². The molecule has 0 bridgehead atoms. The van der Waals surface area contributed by atoms with Crippen molar-refractivity contribution in [1.29, 1.82) is 0 Å². The average molecular weight is 292 g/mol. The smallest absolute Gasteiger partial charge is 0.223 e. The molecule has 21 heavy (non-hydrogen) atoms. The fourth-order valence-corrected chi connectivity index (χ4v) is 1.87. The Bertz CT molecular complexity index is 413. The standard InChI is InChI=1S/C17H28N2O2/c1-17(2,3)18-12-11-16(20)19(4)13-8-14-21-15-9-6-5-7-10-15/h5-7,9-10,18H,8,11-14H2,1-4H3. The molecule has 0 aliphatic carbocycles. The van der Waals surface area contributed by atoms with Gasteiger partial charge in [0, 0.05) is 32.1 Å². The first-order valence-corrected chi connectivity index (χ1v) is 7.55. The van der Waals surface area contributed by atoms with E-state index in [9.17, 15) is 4.79 Å². The number of carbonyl (C=O) groups excluding carboxylic acids is 1. The minimum atomic E-state index is 0.0579. The highest BCUT2D eigenvalue weighted by Crippen LogP contribution is 2.08. The summed E-state index contributed by atoms with van der Waals surface area (Å²) in [6.07, 6.45) is 1.37. The third-order valence-electron chi connectivity index (χ3n) is 3.07. The Labute approximate surface area is 128 Å². The molecule has 0 aliphatic heterocycles. The van der Waals surface area contributed by atoms with Gasteiger partial charge in [-0.3, -0.25) is 4.79 Å². The molecule has 0 saturated heterocycles. The molecule has 1 aromatic rings. The zero-order valence-electron chi connectivity index (χ0n) is 13.7. The van der Waals surface area contributed by atoms with E-state index in [1.54, 1.807) is 4.90 Å². The topological polar surface area (TPSA) is 41.6 Å². The van der Waals surface area contributed by atoms with Gasteiger partial charge in [0.2, 0.25) is 5.91 Å². The maximum absolute atomic E-state index is 11.9. The number of para-hydroxylation sites is 1. The molecule has 0 fully saturated rings. The van der Waals surface area contributed by atoms with Crippen LogP contribution in [0.4, 0.5) is 0 Å². The van der Waals surface area contributed by atoms with Crippen molar-refractivity contribution in [1.82, 2.24) is 10.2 Å². The molecule has 0 aliphatic rings. The second kappa shape index (κ2) is 8.67. The van der Waals surface area contributed by atoms with Gasteiger partial charge in [0.15, 0.2) is 0 Å². The molecular weight excluding hydrogens is 264 g/mol. The lowest BCUT2D eigenvalue weighted by molar-refractivity contribution is -0.129. The van der Waals surface area contributed by atoms with Gasteiger partial charge < -0.3 is 15.0 Å². The quantitative estimate of drug-likeness (QED) is 0.749. The number of hydrogen-bond donors (Lipinski definition) is 1. The van der Waals surface area contributed by atoms with Crippen molar-refractivity contribution in [3.8, 4) is 5.75 Å². The van der Waals surface area contributed by atoms with Crippen LogP contribution in [0.3, 0.4) is 0 Å². The molecule has 0 spiro atoms. The second-order valence-corrected chi connectivity index (χ2v) is 6.26. The molecule has 1 aromatic carbocycles. The van der Waals surface area contributed by atoms with Crippen LogP contribution in [0.2, 0.25) is 0 Å². The lowest BCUT2D eigenvalue weighted by atomic mass is 10.1. The number of ether oxygens (including phenoxy) is 1. The van der Waals surface area contributed by atoms with Crippen molar-refractivity contribution in [2.45, 2.75) is 39.2 Å². The summed E-state index contributed by atoms with van der Waals surface area (Å²) in [5.74, 6) is 1.05. The van der Waals surface area contributed by atoms with Crippen molar-refractivity contribution < 1.29 is 9.53 Å². The van der Waals surface area contributed by atoms with Crippen LogP contribution in [-0.4, -0.2) is 43.1 Å². The summed E-state index contributed by atoms with van der Waals surface area (Å²) in [5.41, 5.74) is 0.0579. The van der Waals surface area contributed by atoms with E-state index in [1.165, 1.54) is 0 Å². The lowest BCUT2D eigenvalue weighted by Crippen LogP contribution is -2.39. The Kier molecular flexibility index (Phi) is 7.23. The summed E-state index contributed by atoms with van der Waals surface area (Å²) in [7, 11) is 1.85. The maximum Gasteiger partial charge on any atom is 0.223 e. The molecule has 4 heteroatoms. The number of hydrogen-bond acceptors (Lipinski definition) is 3. The third-order valence-corrected chi connectivity index (χ3v) is 3.07. The van der Waals surface area contributed by atoms with E-state index in [4.69, 9.17) is 4.74 Å². The first-order chi connectivity index (χ1) is 9.88. The van der Waals surface area contributed by atoms with Gasteiger partial charge in [-0.05, 0) is 39.3 Å². The Morgan fingerprint density at radius 2 is 1.90 bits per heavy atom. The summed E-state index contributed by atoms with van der Waals surface area (Å²) < 4.78 is 5.61. The average Bonchev–Trinajstić information content (AvgIpc) is 2.43. The van der Waals surface area contributed by atoms with Crippen LogP contribution in [0, 0.1) is 0 Å². The highest BCUT2D eigenvalue weighted by molar-refractivity contribution is 5.76. The largest absolute Gasteiger partial charge is 0.494 e. The number of rotatable bonds is 8. The third kappa shape index (κ3) is 8.35. The molecule has 0 unspecified atom stereocenters. The molecule has 1 amide bonds. The van der Waals surface area contributed by atoms with Crippen LogP contribution in [0.5, 0.6) is 5.75 Å². The van der Waals surface area contributed by atoms with Crippen molar-refractivity contribution in [3.63, 3.8) is 0 Å². The highest BCUT2D eigenvalue weighted by atomic mass is 16.5. The van der Waals surface area contributed by atoms with Crippen molar-refractivity contribution >= 4 is 5.91 Å². The molecule has 0 saturated carbocycles. The van der Waals surface area contributed by atoms with Crippen LogP contribution >= 0.6 is 0 Å². The fourth-order valence-electron chi connectivity index (χ4n) is 1.87. The summed E-state index contributed by atoms with van der Waals surface area (Å²) in [5, 5.41) is 3.32. The van der Waals surface area contributed by atoms with Gasteiger partial charge in [-0.25, -0.2) is 0 Å². The van der Waals surface area contributed by atoms with E-state index < -0.39 is 0 Å². The van der Waals surface area contributed by atoms with Gasteiger partial charge >= 0.3 is 0 Å². The van der Waals surface area contributed by atoms with Gasteiger partial charge in [0.25, 0.3) is 0 Å². The number of carbonyl (C=O) groups is 1. The van der Waals surface area contributed by atoms with Gasteiger partial charge in [-0.1, -0.05) is 18.2 Å². The molecule has 4 nitrogen and oxygen atoms in total. The van der Waals surface area contributed by atoms with E-state index in [2.05, 4.69) is 26.1 Å². The van der Waals surface area contributed by atoms with Gasteiger partial charge in [0.1, 0.15) is 5.75 Å². The Morgan fingerprint density at radius 1 is 1.24 bits per heavy atom. The summed E-state index contributed by atoms with van der Waals surface area (Å²) in [6, 6.07) is 9.74. The van der Waals surface area contributed by atoms with Crippen molar-refractivity contribution in [3.05, 3.63) is 30.3 Å². The molecule has 118 valence electrons. The normalized spacial score (nSPS) is 11.2. The molecule has 1 rings (SSSR count). The Hall–Kier alpha value is -1.55. The Morgan fingerprint density at radius 3 is 2.52 bits per heavy atom. The number of nitrogens with zero attached hydrogens (tertiary/aromatic N) is 1. The number of benzene rings is 1. The molecule has 0 heterocycles. The molecule has 1 N–H and O–H groups in total. The minimum absolute atomic E-state index is 0.0579. The van der Waals surface area contributed by atoms with E-state index in [-0.39, 0.29) is 11.4 Å². The summed E-state index contributed by atoms with van der Waals surface area (Å²) >= 11 is 0. The molecule has 0 radical (unpaired) electrons.